The van der Waals surface area contributed by atoms with Crippen LogP contribution in [0.2, 0.25) is 0 Å². The summed E-state index contributed by atoms with van der Waals surface area (Å²) in [5, 5.41) is 3.84. The van der Waals surface area contributed by atoms with Crippen LogP contribution < -0.4 is 0 Å². The van der Waals surface area contributed by atoms with Crippen molar-refractivity contribution in [3.8, 4) is 0 Å². The van der Waals surface area contributed by atoms with Crippen molar-refractivity contribution in [2.24, 2.45) is 0 Å². The van der Waals surface area contributed by atoms with Crippen LogP contribution >= 0.6 is 11.3 Å². The molecule has 5 heterocycles. The highest BCUT2D eigenvalue weighted by molar-refractivity contribution is 7.17. The van der Waals surface area contributed by atoms with Gasteiger partial charge in [-0.05, 0) is 6.07 Å². The summed E-state index contributed by atoms with van der Waals surface area (Å²) in [6, 6.07) is 8.84. The van der Waals surface area contributed by atoms with Gasteiger partial charge in [-0.25, -0.2) is 14.7 Å². The van der Waals surface area contributed by atoms with Crippen LogP contribution in [0.15, 0.2) is 29.6 Å². The maximum absolute atomic E-state index is 2.59. The molecule has 0 aliphatic carbocycles. The third kappa shape index (κ3) is 1.68. The summed E-state index contributed by atoms with van der Waals surface area (Å²) in [7, 11) is 0. The Kier molecular flexibility index (Phi) is 2.34. The summed E-state index contributed by atoms with van der Waals surface area (Å²) in [5.41, 5.74) is 1.54. The van der Waals surface area contributed by atoms with Crippen molar-refractivity contribution in [3.05, 3.63) is 35.2 Å². The van der Waals surface area contributed by atoms with Gasteiger partial charge in [-0.15, -0.1) is 11.3 Å². The Morgan fingerprint density at radius 3 is 2.30 bits per heavy atom. The van der Waals surface area contributed by atoms with Crippen LogP contribution in [-0.2, 0) is 6.54 Å². The molecule has 4 fully saturated rings. The smallest absolute Gasteiger partial charge is 0.139 e. The normalized spacial score (nSPS) is 38.7. The molecule has 0 unspecified atom stereocenters. The van der Waals surface area contributed by atoms with Crippen molar-refractivity contribution in [3.63, 3.8) is 0 Å². The van der Waals surface area contributed by atoms with Gasteiger partial charge in [0.1, 0.15) is 26.6 Å². The number of thiophene rings is 1. The van der Waals surface area contributed by atoms with Gasteiger partial charge in [-0.1, -0.05) is 18.2 Å². The molecule has 0 atom stereocenters. The number of hydrogen-bond acceptors (Lipinski definition) is 4. The minimum Gasteiger partial charge on any atom is -0.282 e. The molecule has 0 saturated carbocycles. The van der Waals surface area contributed by atoms with E-state index in [0.29, 0.717) is 0 Å². The lowest BCUT2D eigenvalue weighted by Crippen LogP contribution is -2.78. The lowest BCUT2D eigenvalue weighted by Gasteiger charge is -2.60. The van der Waals surface area contributed by atoms with Crippen molar-refractivity contribution < 1.29 is 4.48 Å². The van der Waals surface area contributed by atoms with Gasteiger partial charge in [0.2, 0.25) is 0 Å². The Balaban J connectivity index is 1.52. The summed E-state index contributed by atoms with van der Waals surface area (Å²) < 4.78 is 2.62. The zero-order valence-corrected chi connectivity index (χ0v) is 12.4. The number of hydrogen-bond donors (Lipinski definition) is 0. The molecule has 5 heteroatoms. The Labute approximate surface area is 123 Å². The SMILES string of the molecule is c1ccc2c(C[N+]34CN5CN(CN(C5)C3)C4)csc2c1. The molecular formula is C15H19N4S+. The molecule has 0 amide bonds. The minimum atomic E-state index is 1.17. The molecule has 2 aromatic rings. The average Bonchev–Trinajstić information content (AvgIpc) is 2.80. The van der Waals surface area contributed by atoms with Gasteiger partial charge in [0.25, 0.3) is 0 Å². The Bertz CT molecular complexity index is 629. The fourth-order valence-corrected chi connectivity index (χ4v) is 5.28. The van der Waals surface area contributed by atoms with E-state index in [1.54, 1.807) is 0 Å². The summed E-state index contributed by atoms with van der Waals surface area (Å²) in [6.07, 6.45) is 0. The molecule has 4 bridgehead atoms. The Morgan fingerprint density at radius 1 is 0.950 bits per heavy atom. The molecule has 4 saturated heterocycles. The van der Waals surface area contributed by atoms with Gasteiger partial charge in [0, 0.05) is 21.0 Å². The number of quaternary nitrogens is 1. The molecule has 104 valence electrons. The molecule has 4 aliphatic heterocycles. The van der Waals surface area contributed by atoms with Crippen molar-refractivity contribution in [2.75, 3.05) is 40.0 Å². The van der Waals surface area contributed by atoms with E-state index in [4.69, 9.17) is 0 Å². The van der Waals surface area contributed by atoms with Crippen molar-refractivity contribution >= 4 is 21.4 Å². The third-order valence-corrected chi connectivity index (χ3v) is 5.78. The van der Waals surface area contributed by atoms with Crippen molar-refractivity contribution in [1.82, 2.24) is 14.7 Å². The molecule has 0 radical (unpaired) electrons. The highest BCUT2D eigenvalue weighted by Gasteiger charge is 2.48. The van der Waals surface area contributed by atoms with Gasteiger partial charge in [0.15, 0.2) is 0 Å². The lowest BCUT2D eigenvalue weighted by molar-refractivity contribution is -0.991. The van der Waals surface area contributed by atoms with E-state index in [-0.39, 0.29) is 0 Å². The van der Waals surface area contributed by atoms with E-state index in [0.717, 1.165) is 0 Å². The largest absolute Gasteiger partial charge is 0.282 e. The maximum Gasteiger partial charge on any atom is 0.139 e. The second-order valence-electron chi connectivity index (χ2n) is 6.62. The van der Waals surface area contributed by atoms with E-state index >= 15 is 0 Å². The molecular weight excluding hydrogens is 268 g/mol. The van der Waals surface area contributed by atoms with Crippen LogP contribution in [0.25, 0.3) is 10.1 Å². The van der Waals surface area contributed by atoms with Crippen molar-refractivity contribution in [1.29, 1.82) is 0 Å². The van der Waals surface area contributed by atoms with Crippen LogP contribution in [0.4, 0.5) is 0 Å². The van der Waals surface area contributed by atoms with Crippen LogP contribution in [0.1, 0.15) is 5.56 Å². The first-order valence-corrected chi connectivity index (χ1v) is 8.15. The van der Waals surface area contributed by atoms with Gasteiger partial charge >= 0.3 is 0 Å². The molecule has 4 aliphatic rings. The predicted molar refractivity (Wildman–Crippen MR) is 80.5 cm³/mol. The van der Waals surface area contributed by atoms with Gasteiger partial charge < -0.3 is 0 Å². The Morgan fingerprint density at radius 2 is 1.60 bits per heavy atom. The molecule has 1 aromatic carbocycles. The first-order chi connectivity index (χ1) is 9.80. The van der Waals surface area contributed by atoms with Crippen LogP contribution in [0.5, 0.6) is 0 Å². The van der Waals surface area contributed by atoms with Gasteiger partial charge in [-0.3, -0.25) is 4.48 Å². The maximum atomic E-state index is 2.59. The highest BCUT2D eigenvalue weighted by atomic mass is 32.1. The highest BCUT2D eigenvalue weighted by Crippen LogP contribution is 2.34. The first kappa shape index (κ1) is 11.7. The lowest BCUT2D eigenvalue weighted by atomic mass is 10.1. The zero-order chi connectivity index (χ0) is 13.2. The molecule has 0 spiro atoms. The second-order valence-corrected chi connectivity index (χ2v) is 7.53. The van der Waals surface area contributed by atoms with Gasteiger partial charge in [-0.2, -0.15) is 0 Å². The fraction of sp³-hybridized carbons (Fsp3) is 0.467. The van der Waals surface area contributed by atoms with Crippen LogP contribution in [0, 0.1) is 0 Å². The van der Waals surface area contributed by atoms with E-state index in [1.807, 2.05) is 11.3 Å². The topological polar surface area (TPSA) is 9.72 Å². The van der Waals surface area contributed by atoms with E-state index in [2.05, 4.69) is 44.3 Å². The number of benzene rings is 1. The zero-order valence-electron chi connectivity index (χ0n) is 11.5. The van der Waals surface area contributed by atoms with E-state index in [1.165, 1.54) is 66.7 Å². The molecule has 4 nitrogen and oxygen atoms in total. The second kappa shape index (κ2) is 4.02. The van der Waals surface area contributed by atoms with Crippen LogP contribution in [0.3, 0.4) is 0 Å². The number of fused-ring (bicyclic) bond motifs is 1. The quantitative estimate of drug-likeness (QED) is 0.781. The third-order valence-electron chi connectivity index (χ3n) is 4.77. The fourth-order valence-electron chi connectivity index (χ4n) is 4.32. The minimum absolute atomic E-state index is 1.17. The average molecular weight is 287 g/mol. The summed E-state index contributed by atoms with van der Waals surface area (Å²) >= 11 is 1.89. The summed E-state index contributed by atoms with van der Waals surface area (Å²) in [5.74, 6) is 0. The molecule has 6 rings (SSSR count). The first-order valence-electron chi connectivity index (χ1n) is 7.27. The van der Waals surface area contributed by atoms with E-state index < -0.39 is 0 Å². The standard InChI is InChI=1S/C15H19N4S/c1-2-4-15-14(3-1)13(6-20-15)5-19-10-16-7-17(11-19)9-18(8-16)12-19/h1-4,6H,5,7-12H2/q+1. The number of rotatable bonds is 2. The Hall–Kier alpha value is -0.980. The van der Waals surface area contributed by atoms with Crippen LogP contribution in [-0.4, -0.2) is 59.2 Å². The summed E-state index contributed by atoms with van der Waals surface area (Å²) in [6.45, 7) is 8.34. The molecule has 1 aromatic heterocycles. The summed E-state index contributed by atoms with van der Waals surface area (Å²) in [4.78, 5) is 7.77. The predicted octanol–water partition coefficient (Wildman–Crippen LogP) is 1.91. The van der Waals surface area contributed by atoms with Crippen molar-refractivity contribution in [2.45, 2.75) is 6.54 Å². The van der Waals surface area contributed by atoms with Gasteiger partial charge in [0.05, 0.1) is 20.0 Å². The molecule has 20 heavy (non-hydrogen) atoms. The van der Waals surface area contributed by atoms with E-state index in [9.17, 15) is 0 Å². The molecule has 0 N–H and O–H groups in total. The number of nitrogens with zero attached hydrogens (tertiary/aromatic N) is 4. The monoisotopic (exact) mass is 287 g/mol.